The quantitative estimate of drug-likeness (QED) is 0.509. The van der Waals surface area contributed by atoms with Crippen LogP contribution in [-0.2, 0) is 9.53 Å². The van der Waals surface area contributed by atoms with Crippen molar-refractivity contribution in [2.24, 2.45) is 28.1 Å². The number of hydrogen-bond acceptors (Lipinski definition) is 2. The van der Waals surface area contributed by atoms with Crippen molar-refractivity contribution in [2.45, 2.75) is 72.1 Å². The third-order valence-corrected chi connectivity index (χ3v) is 8.08. The molecule has 0 bridgehead atoms. The second kappa shape index (κ2) is 4.39. The molecule has 2 fully saturated rings. The fraction of sp³-hybridized carbons (Fsp3) is 0.850. The zero-order chi connectivity index (χ0) is 15.8. The third-order valence-electron chi connectivity index (χ3n) is 8.08. The predicted octanol–water partition coefficient (Wildman–Crippen LogP) is 4.88. The molecule has 0 heterocycles. The molecule has 0 aromatic heterocycles. The van der Waals surface area contributed by atoms with Gasteiger partial charge in [0.1, 0.15) is 0 Å². The first-order chi connectivity index (χ1) is 10.3. The van der Waals surface area contributed by atoms with Crippen LogP contribution < -0.4 is 0 Å². The summed E-state index contributed by atoms with van der Waals surface area (Å²) in [7, 11) is 1.56. The lowest BCUT2D eigenvalue weighted by molar-refractivity contribution is -0.163. The van der Waals surface area contributed by atoms with E-state index in [-0.39, 0.29) is 16.8 Å². The molecule has 4 aliphatic rings. The topological polar surface area (TPSA) is 26.3 Å². The Hall–Kier alpha value is -0.790. The number of hydrogen-bond donors (Lipinski definition) is 0. The Morgan fingerprint density at radius 1 is 1.14 bits per heavy atom. The summed E-state index contributed by atoms with van der Waals surface area (Å²) in [5.41, 5.74) is 4.17. The van der Waals surface area contributed by atoms with E-state index < -0.39 is 0 Å². The third kappa shape index (κ3) is 1.70. The van der Waals surface area contributed by atoms with Crippen molar-refractivity contribution in [2.75, 3.05) is 7.11 Å². The first-order valence-electron chi connectivity index (χ1n) is 9.16. The monoisotopic (exact) mass is 302 g/mol. The smallest absolute Gasteiger partial charge is 0.311 e. The summed E-state index contributed by atoms with van der Waals surface area (Å²) in [6.45, 7) is 7.13. The van der Waals surface area contributed by atoms with Crippen LogP contribution in [0.1, 0.15) is 72.1 Å². The Balaban J connectivity index is 1.75. The normalized spacial score (nSPS) is 49.8. The van der Waals surface area contributed by atoms with Crippen molar-refractivity contribution >= 4 is 5.97 Å². The molecule has 2 saturated carbocycles. The highest BCUT2D eigenvalue weighted by molar-refractivity contribution is 5.77. The molecule has 5 atom stereocenters. The number of rotatable bonds is 1. The van der Waals surface area contributed by atoms with Crippen LogP contribution in [-0.4, -0.2) is 13.1 Å². The van der Waals surface area contributed by atoms with Crippen LogP contribution in [0.25, 0.3) is 0 Å². The molecule has 2 heteroatoms. The van der Waals surface area contributed by atoms with Crippen molar-refractivity contribution in [1.82, 2.24) is 0 Å². The van der Waals surface area contributed by atoms with E-state index in [1.165, 1.54) is 38.5 Å². The van der Waals surface area contributed by atoms with E-state index in [1.807, 2.05) is 5.57 Å². The van der Waals surface area contributed by atoms with E-state index in [4.69, 9.17) is 4.74 Å². The Kier molecular flexibility index (Phi) is 2.95. The van der Waals surface area contributed by atoms with Gasteiger partial charge in [0.15, 0.2) is 0 Å². The average molecular weight is 302 g/mol. The van der Waals surface area contributed by atoms with Gasteiger partial charge < -0.3 is 4.74 Å². The van der Waals surface area contributed by atoms with E-state index in [2.05, 4.69) is 20.8 Å². The molecule has 122 valence electrons. The van der Waals surface area contributed by atoms with E-state index in [9.17, 15) is 4.79 Å². The van der Waals surface area contributed by atoms with Gasteiger partial charge in [-0.25, -0.2) is 0 Å². The molecule has 0 saturated heterocycles. The Morgan fingerprint density at radius 3 is 2.64 bits per heavy atom. The molecule has 4 aliphatic carbocycles. The summed E-state index contributed by atoms with van der Waals surface area (Å²) in [6.07, 6.45) is 9.94. The van der Waals surface area contributed by atoms with Crippen molar-refractivity contribution in [3.63, 3.8) is 0 Å². The molecule has 4 rings (SSSR count). The number of allylic oxidation sites excluding steroid dienone is 2. The lowest BCUT2D eigenvalue weighted by atomic mass is 9.48. The molecular weight excluding hydrogens is 272 g/mol. The maximum Gasteiger partial charge on any atom is 0.311 e. The minimum absolute atomic E-state index is 0.0274. The number of carbonyl (C=O) groups is 1. The van der Waals surface area contributed by atoms with Crippen LogP contribution in [0.5, 0.6) is 0 Å². The lowest BCUT2D eigenvalue weighted by Gasteiger charge is -2.56. The fourth-order valence-electron chi connectivity index (χ4n) is 6.64. The van der Waals surface area contributed by atoms with Gasteiger partial charge in [-0.2, -0.15) is 0 Å². The first kappa shape index (κ1) is 14.8. The number of carbonyl (C=O) groups excluding carboxylic acids is 1. The van der Waals surface area contributed by atoms with Gasteiger partial charge in [-0.1, -0.05) is 31.4 Å². The molecule has 22 heavy (non-hydrogen) atoms. The van der Waals surface area contributed by atoms with E-state index in [0.29, 0.717) is 11.3 Å². The maximum atomic E-state index is 12.5. The standard InChI is InChI=1S/C20H30O2/c1-18-11-8-14-13(15(18)12-18)6-7-16-19(14,2)9-5-10-20(16,3)17(21)22-4/h15-16H,5-12H2,1-4H3/t15-,16+,18-,19+,20+/m0/s1. The van der Waals surface area contributed by atoms with Crippen LogP contribution in [0.4, 0.5) is 0 Å². The summed E-state index contributed by atoms with van der Waals surface area (Å²) in [5, 5.41) is 0. The maximum absolute atomic E-state index is 12.5. The number of ether oxygens (including phenoxy) is 1. The Labute approximate surface area is 134 Å². The zero-order valence-electron chi connectivity index (χ0n) is 14.6. The van der Waals surface area contributed by atoms with Gasteiger partial charge in [0.2, 0.25) is 0 Å². The second-order valence-corrected chi connectivity index (χ2v) is 9.19. The van der Waals surface area contributed by atoms with Gasteiger partial charge in [0, 0.05) is 0 Å². The highest BCUT2D eigenvalue weighted by Crippen LogP contribution is 2.70. The van der Waals surface area contributed by atoms with Crippen molar-refractivity contribution in [1.29, 1.82) is 0 Å². The Bertz CT molecular complexity index is 562. The molecule has 0 amide bonds. The van der Waals surface area contributed by atoms with Crippen molar-refractivity contribution in [3.05, 3.63) is 11.1 Å². The SMILES string of the molecule is COC(=O)[C@]1(C)CCC[C@]2(C)C3=C(CC[C@@H]12)[C@@H]1C[C@]1(C)CC3. The Morgan fingerprint density at radius 2 is 1.91 bits per heavy atom. The molecule has 0 N–H and O–H groups in total. The number of methoxy groups -OCH3 is 1. The van der Waals surface area contributed by atoms with E-state index in [1.54, 1.807) is 12.7 Å². The highest BCUT2D eigenvalue weighted by Gasteiger charge is 2.61. The zero-order valence-corrected chi connectivity index (χ0v) is 14.6. The molecule has 0 radical (unpaired) electrons. The van der Waals surface area contributed by atoms with Gasteiger partial charge in [0.25, 0.3) is 0 Å². The van der Waals surface area contributed by atoms with Crippen LogP contribution >= 0.6 is 0 Å². The van der Waals surface area contributed by atoms with Crippen molar-refractivity contribution < 1.29 is 9.53 Å². The molecule has 0 aliphatic heterocycles. The first-order valence-corrected chi connectivity index (χ1v) is 9.16. The van der Waals surface area contributed by atoms with Crippen LogP contribution in [0.15, 0.2) is 11.1 Å². The molecular formula is C20H30O2. The summed E-state index contributed by atoms with van der Waals surface area (Å²) >= 11 is 0. The van der Waals surface area contributed by atoms with Crippen LogP contribution in [0.3, 0.4) is 0 Å². The second-order valence-electron chi connectivity index (χ2n) is 9.19. The van der Waals surface area contributed by atoms with Gasteiger partial charge in [0.05, 0.1) is 12.5 Å². The fourth-order valence-corrected chi connectivity index (χ4v) is 6.64. The molecule has 0 unspecified atom stereocenters. The van der Waals surface area contributed by atoms with E-state index >= 15 is 0 Å². The summed E-state index contributed by atoms with van der Waals surface area (Å²) in [6, 6.07) is 0. The molecule has 0 spiro atoms. The lowest BCUT2D eigenvalue weighted by Crippen LogP contribution is -2.51. The van der Waals surface area contributed by atoms with Crippen LogP contribution in [0.2, 0.25) is 0 Å². The molecule has 2 nitrogen and oxygen atoms in total. The predicted molar refractivity (Wildman–Crippen MR) is 87.3 cm³/mol. The largest absolute Gasteiger partial charge is 0.469 e. The summed E-state index contributed by atoms with van der Waals surface area (Å²) < 4.78 is 5.21. The number of fused-ring (bicyclic) bond motifs is 4. The molecule has 0 aromatic rings. The molecule has 0 aromatic carbocycles. The van der Waals surface area contributed by atoms with Crippen LogP contribution in [0, 0.1) is 28.1 Å². The average Bonchev–Trinajstić information content (AvgIpc) is 3.18. The summed E-state index contributed by atoms with van der Waals surface area (Å²) in [4.78, 5) is 12.5. The van der Waals surface area contributed by atoms with Gasteiger partial charge >= 0.3 is 5.97 Å². The number of esters is 1. The van der Waals surface area contributed by atoms with Gasteiger partial charge in [-0.3, -0.25) is 4.79 Å². The van der Waals surface area contributed by atoms with Gasteiger partial charge in [-0.15, -0.1) is 0 Å². The minimum atomic E-state index is -0.273. The van der Waals surface area contributed by atoms with Gasteiger partial charge in [-0.05, 0) is 74.5 Å². The minimum Gasteiger partial charge on any atom is -0.469 e. The summed E-state index contributed by atoms with van der Waals surface area (Å²) in [5.74, 6) is 1.38. The van der Waals surface area contributed by atoms with E-state index in [0.717, 1.165) is 18.8 Å². The highest BCUT2D eigenvalue weighted by atomic mass is 16.5. The van der Waals surface area contributed by atoms with Crippen molar-refractivity contribution in [3.8, 4) is 0 Å².